The minimum Gasteiger partial charge on any atom is -0.462 e. The Hall–Kier alpha value is -2.87. The van der Waals surface area contributed by atoms with E-state index in [0.717, 1.165) is 16.7 Å². The molecule has 0 aromatic heterocycles. The number of carbonyl (C=O) groups excluding carboxylic acids is 1. The van der Waals surface area contributed by atoms with E-state index in [0.29, 0.717) is 25.4 Å². The highest BCUT2D eigenvalue weighted by Gasteiger charge is 2.17. The van der Waals surface area contributed by atoms with Gasteiger partial charge in [0.25, 0.3) is 0 Å². The van der Waals surface area contributed by atoms with Crippen molar-refractivity contribution in [2.24, 2.45) is 0 Å². The van der Waals surface area contributed by atoms with Crippen LogP contribution in [0.2, 0.25) is 0 Å². The van der Waals surface area contributed by atoms with E-state index in [2.05, 4.69) is 11.8 Å². The van der Waals surface area contributed by atoms with Gasteiger partial charge in [0.2, 0.25) is 0 Å². The van der Waals surface area contributed by atoms with Gasteiger partial charge in [-0.15, -0.1) is 0 Å². The fourth-order valence-corrected chi connectivity index (χ4v) is 2.48. The second-order valence-electron chi connectivity index (χ2n) is 5.64. The molecule has 1 aliphatic rings. The first-order chi connectivity index (χ1) is 12.8. The van der Waals surface area contributed by atoms with Crippen molar-refractivity contribution in [1.82, 2.24) is 0 Å². The van der Waals surface area contributed by atoms with Crippen LogP contribution in [0.5, 0.6) is 0 Å². The predicted molar refractivity (Wildman–Crippen MR) is 99.4 cm³/mol. The van der Waals surface area contributed by atoms with Gasteiger partial charge in [-0.1, -0.05) is 36.1 Å². The maximum atomic E-state index is 11.6. The Bertz CT molecular complexity index is 817. The summed E-state index contributed by atoms with van der Waals surface area (Å²) in [5.74, 6) is 5.72. The van der Waals surface area contributed by atoms with Crippen LogP contribution in [0, 0.1) is 11.8 Å². The molecule has 3 rings (SSSR count). The lowest BCUT2D eigenvalue weighted by Crippen LogP contribution is -2.03. The summed E-state index contributed by atoms with van der Waals surface area (Å²) in [5.41, 5.74) is 3.45. The molecule has 132 valence electrons. The van der Waals surface area contributed by atoms with Gasteiger partial charge in [0, 0.05) is 11.1 Å². The van der Waals surface area contributed by atoms with Crippen LogP contribution in [0.15, 0.2) is 54.6 Å². The van der Waals surface area contributed by atoms with Crippen LogP contribution in [-0.4, -0.2) is 25.8 Å². The number of allylic oxidation sites excluding steroid dienone is 1. The van der Waals surface area contributed by atoms with Gasteiger partial charge in [0.1, 0.15) is 0 Å². The van der Waals surface area contributed by atoms with E-state index in [1.807, 2.05) is 42.5 Å². The van der Waals surface area contributed by atoms with Gasteiger partial charge < -0.3 is 14.2 Å². The molecule has 4 heteroatoms. The van der Waals surface area contributed by atoms with Crippen LogP contribution in [0.3, 0.4) is 0 Å². The van der Waals surface area contributed by atoms with Gasteiger partial charge in [0.15, 0.2) is 6.29 Å². The fraction of sp³-hybridized carbons (Fsp3) is 0.227. The molecule has 0 atom stereocenters. The standard InChI is InChI=1S/C22H20O4/c1-2-24-21(23)19-11-7-17(8-12-19)5-3-4-6-18-9-13-20(14-10-18)22-25-15-16-26-22/h4,6-14,22H,2,15-16H2,1H3. The Kier molecular flexibility index (Phi) is 6.21. The maximum absolute atomic E-state index is 11.6. The van der Waals surface area contributed by atoms with Crippen LogP contribution >= 0.6 is 0 Å². The first-order valence-electron chi connectivity index (χ1n) is 8.54. The summed E-state index contributed by atoms with van der Waals surface area (Å²) in [5, 5.41) is 0. The second kappa shape index (κ2) is 9.00. The molecule has 0 amide bonds. The van der Waals surface area contributed by atoms with Crippen LogP contribution in [0.4, 0.5) is 0 Å². The molecule has 1 heterocycles. The average molecular weight is 348 g/mol. The van der Waals surface area contributed by atoms with Crippen molar-refractivity contribution < 1.29 is 19.0 Å². The molecule has 1 aliphatic heterocycles. The van der Waals surface area contributed by atoms with E-state index < -0.39 is 0 Å². The minimum atomic E-state index is -0.316. The van der Waals surface area contributed by atoms with Crippen LogP contribution in [0.1, 0.15) is 40.3 Å². The summed E-state index contributed by atoms with van der Waals surface area (Å²) in [6, 6.07) is 15.1. The molecule has 1 saturated heterocycles. The van der Waals surface area contributed by atoms with Gasteiger partial charge in [-0.3, -0.25) is 0 Å². The smallest absolute Gasteiger partial charge is 0.338 e. The summed E-state index contributed by atoms with van der Waals surface area (Å²) in [7, 11) is 0. The number of hydrogen-bond donors (Lipinski definition) is 0. The number of esters is 1. The molecule has 0 N–H and O–H groups in total. The quantitative estimate of drug-likeness (QED) is 0.619. The van der Waals surface area contributed by atoms with E-state index in [-0.39, 0.29) is 12.3 Å². The van der Waals surface area contributed by atoms with Crippen molar-refractivity contribution in [1.29, 1.82) is 0 Å². The van der Waals surface area contributed by atoms with Gasteiger partial charge in [-0.2, -0.15) is 0 Å². The lowest BCUT2D eigenvalue weighted by Gasteiger charge is -2.08. The molecular weight excluding hydrogens is 328 g/mol. The van der Waals surface area contributed by atoms with Crippen molar-refractivity contribution in [3.8, 4) is 11.8 Å². The predicted octanol–water partition coefficient (Wildman–Crippen LogP) is 3.97. The average Bonchev–Trinajstić information content (AvgIpc) is 3.21. The third-order valence-corrected chi connectivity index (χ3v) is 3.80. The number of benzene rings is 2. The molecule has 0 bridgehead atoms. The topological polar surface area (TPSA) is 44.8 Å². The largest absolute Gasteiger partial charge is 0.462 e. The zero-order valence-electron chi connectivity index (χ0n) is 14.6. The van der Waals surface area contributed by atoms with Gasteiger partial charge in [0.05, 0.1) is 25.4 Å². The molecule has 2 aromatic carbocycles. The van der Waals surface area contributed by atoms with Gasteiger partial charge in [-0.05, 0) is 48.9 Å². The summed E-state index contributed by atoms with van der Waals surface area (Å²) in [6.07, 6.45) is 3.50. The molecule has 4 nitrogen and oxygen atoms in total. The number of carbonyl (C=O) groups is 1. The van der Waals surface area contributed by atoms with E-state index in [4.69, 9.17) is 14.2 Å². The molecule has 2 aromatic rings. The third kappa shape index (κ3) is 4.82. The normalized spacial score (nSPS) is 14.2. The number of ether oxygens (including phenoxy) is 3. The molecule has 0 radical (unpaired) electrons. The first-order valence-corrected chi connectivity index (χ1v) is 8.54. The summed E-state index contributed by atoms with van der Waals surface area (Å²) in [6.45, 7) is 3.44. The van der Waals surface area contributed by atoms with Crippen LogP contribution in [0.25, 0.3) is 6.08 Å². The third-order valence-electron chi connectivity index (χ3n) is 3.80. The lowest BCUT2D eigenvalue weighted by atomic mass is 10.1. The molecule has 26 heavy (non-hydrogen) atoms. The first kappa shape index (κ1) is 17.9. The second-order valence-corrected chi connectivity index (χ2v) is 5.64. The molecular formula is C22H20O4. The Labute approximate surface area is 153 Å². The highest BCUT2D eigenvalue weighted by molar-refractivity contribution is 5.89. The minimum absolute atomic E-state index is 0.245. The molecule has 1 fully saturated rings. The van der Waals surface area contributed by atoms with Crippen molar-refractivity contribution in [2.45, 2.75) is 13.2 Å². The molecule has 0 aliphatic carbocycles. The van der Waals surface area contributed by atoms with Crippen LogP contribution in [-0.2, 0) is 14.2 Å². The monoisotopic (exact) mass is 348 g/mol. The highest BCUT2D eigenvalue weighted by atomic mass is 16.7. The highest BCUT2D eigenvalue weighted by Crippen LogP contribution is 2.23. The summed E-state index contributed by atoms with van der Waals surface area (Å²) >= 11 is 0. The number of hydrogen-bond acceptors (Lipinski definition) is 4. The molecule has 0 saturated carbocycles. The zero-order valence-corrected chi connectivity index (χ0v) is 14.6. The van der Waals surface area contributed by atoms with Crippen LogP contribution < -0.4 is 0 Å². The van der Waals surface area contributed by atoms with E-state index >= 15 is 0 Å². The summed E-state index contributed by atoms with van der Waals surface area (Å²) in [4.78, 5) is 11.6. The summed E-state index contributed by atoms with van der Waals surface area (Å²) < 4.78 is 15.9. The van der Waals surface area contributed by atoms with Crippen molar-refractivity contribution in [3.05, 3.63) is 76.9 Å². The van der Waals surface area contributed by atoms with E-state index in [1.165, 1.54) is 0 Å². The number of rotatable bonds is 4. The van der Waals surface area contributed by atoms with Crippen molar-refractivity contribution in [2.75, 3.05) is 19.8 Å². The fourth-order valence-electron chi connectivity index (χ4n) is 2.48. The molecule has 0 unspecified atom stereocenters. The van der Waals surface area contributed by atoms with E-state index in [9.17, 15) is 4.79 Å². The Balaban J connectivity index is 1.57. The van der Waals surface area contributed by atoms with Gasteiger partial charge in [-0.25, -0.2) is 4.79 Å². The maximum Gasteiger partial charge on any atom is 0.338 e. The van der Waals surface area contributed by atoms with Crippen molar-refractivity contribution in [3.63, 3.8) is 0 Å². The zero-order chi connectivity index (χ0) is 18.2. The Morgan fingerprint density at radius 2 is 1.81 bits per heavy atom. The Morgan fingerprint density at radius 1 is 1.12 bits per heavy atom. The molecule has 0 spiro atoms. The van der Waals surface area contributed by atoms with E-state index in [1.54, 1.807) is 25.1 Å². The van der Waals surface area contributed by atoms with Crippen molar-refractivity contribution >= 4 is 12.0 Å². The SMILES string of the molecule is CCOC(=O)c1ccc(C#CC=Cc2ccc(C3OCCO3)cc2)cc1. The Morgan fingerprint density at radius 3 is 2.46 bits per heavy atom. The van der Waals surface area contributed by atoms with Gasteiger partial charge >= 0.3 is 5.97 Å². The lowest BCUT2D eigenvalue weighted by molar-refractivity contribution is -0.0441.